The van der Waals surface area contributed by atoms with Crippen molar-refractivity contribution in [3.63, 3.8) is 0 Å². The Labute approximate surface area is 126 Å². The third kappa shape index (κ3) is 11.0. The Morgan fingerprint density at radius 1 is 0.700 bits per heavy atom. The van der Waals surface area contributed by atoms with Gasteiger partial charge in [-0.15, -0.1) is 0 Å². The zero-order valence-electron chi connectivity index (χ0n) is 14.8. The normalized spacial score (nSPS) is 19.2. The van der Waals surface area contributed by atoms with Crippen molar-refractivity contribution in [2.75, 3.05) is 12.3 Å². The fourth-order valence-corrected chi connectivity index (χ4v) is 6.53. The van der Waals surface area contributed by atoms with E-state index in [9.17, 15) is 14.7 Å². The van der Waals surface area contributed by atoms with Crippen molar-refractivity contribution < 1.29 is 14.7 Å². The van der Waals surface area contributed by atoms with Gasteiger partial charge in [0.1, 0.15) is 0 Å². The van der Waals surface area contributed by atoms with Crippen molar-refractivity contribution in [1.82, 2.24) is 0 Å². The summed E-state index contributed by atoms with van der Waals surface area (Å²) in [5.74, 6) is 0.212. The zero-order valence-corrected chi connectivity index (χ0v) is 15.7. The van der Waals surface area contributed by atoms with E-state index < -0.39 is 7.28 Å². The molecule has 2 atom stereocenters. The molecule has 0 saturated heterocycles. The minimum absolute atomic E-state index is 0.106. The van der Waals surface area contributed by atoms with Crippen LogP contribution in [0.2, 0.25) is 0 Å². The van der Waals surface area contributed by atoms with Gasteiger partial charge >= 0.3 is 125 Å². The van der Waals surface area contributed by atoms with Crippen molar-refractivity contribution in [2.24, 2.45) is 22.7 Å². The SMILES string of the molecule is CC(CC(C)(C)C)CP(O)(O)(O)CC(C)CC(C)(C)C. The minimum atomic E-state index is -4.50. The van der Waals surface area contributed by atoms with E-state index in [1.165, 1.54) is 0 Å². The average Bonchev–Trinajstić information content (AvgIpc) is 1.87. The van der Waals surface area contributed by atoms with E-state index in [1.807, 2.05) is 13.8 Å². The summed E-state index contributed by atoms with van der Waals surface area (Å²) in [5.41, 5.74) is 0.270. The van der Waals surface area contributed by atoms with Gasteiger partial charge in [-0.2, -0.15) is 0 Å². The number of rotatable bonds is 6. The first-order valence-electron chi connectivity index (χ1n) is 7.73. The van der Waals surface area contributed by atoms with E-state index in [0.29, 0.717) is 0 Å². The first-order chi connectivity index (χ1) is 8.47. The molecule has 124 valence electrons. The fraction of sp³-hybridized carbons (Fsp3) is 1.00. The summed E-state index contributed by atoms with van der Waals surface area (Å²) in [6, 6.07) is 0. The Bertz CT molecular complexity index is 276. The molecular formula is C16H37O3P. The first kappa shape index (κ1) is 20.3. The molecule has 0 aromatic heterocycles. The molecule has 0 aromatic rings. The molecule has 0 bridgehead atoms. The van der Waals surface area contributed by atoms with Crippen molar-refractivity contribution >= 4 is 7.28 Å². The van der Waals surface area contributed by atoms with Crippen molar-refractivity contribution in [1.29, 1.82) is 0 Å². The number of hydrogen-bond donors (Lipinski definition) is 3. The predicted molar refractivity (Wildman–Crippen MR) is 89.8 cm³/mol. The second-order valence-corrected chi connectivity index (χ2v) is 12.9. The van der Waals surface area contributed by atoms with Gasteiger partial charge in [0.2, 0.25) is 0 Å². The Kier molecular flexibility index (Phi) is 6.30. The van der Waals surface area contributed by atoms with Crippen LogP contribution in [0.25, 0.3) is 0 Å². The molecule has 2 unspecified atom stereocenters. The zero-order chi connectivity index (χ0) is 16.4. The molecule has 0 fully saturated rings. The van der Waals surface area contributed by atoms with Crippen molar-refractivity contribution in [3.05, 3.63) is 0 Å². The van der Waals surface area contributed by atoms with Crippen LogP contribution >= 0.6 is 7.28 Å². The van der Waals surface area contributed by atoms with Gasteiger partial charge in [-0.1, -0.05) is 0 Å². The molecule has 0 aliphatic carbocycles. The second-order valence-electron chi connectivity index (χ2n) is 9.45. The van der Waals surface area contributed by atoms with Gasteiger partial charge in [0, 0.05) is 0 Å². The summed E-state index contributed by atoms with van der Waals surface area (Å²) in [5, 5.41) is 0. The van der Waals surface area contributed by atoms with Crippen molar-refractivity contribution in [3.8, 4) is 0 Å². The molecule has 3 nitrogen and oxygen atoms in total. The summed E-state index contributed by atoms with van der Waals surface area (Å²) in [4.78, 5) is 31.1. The summed E-state index contributed by atoms with van der Waals surface area (Å²) >= 11 is 0. The van der Waals surface area contributed by atoms with Crippen LogP contribution in [0.3, 0.4) is 0 Å². The van der Waals surface area contributed by atoms with E-state index in [4.69, 9.17) is 0 Å². The van der Waals surface area contributed by atoms with Crippen LogP contribution < -0.4 is 0 Å². The molecule has 4 heteroatoms. The standard InChI is InChI=1S/C16H37O3P/c1-13(9-15(3,4)5)11-20(17,18,19)12-14(2)10-16(6,7)8/h13-14,17-19H,9-12H2,1-8H3. The Morgan fingerprint density at radius 3 is 1.15 bits per heavy atom. The monoisotopic (exact) mass is 308 g/mol. The van der Waals surface area contributed by atoms with E-state index >= 15 is 0 Å². The van der Waals surface area contributed by atoms with Gasteiger partial charge in [0.15, 0.2) is 0 Å². The van der Waals surface area contributed by atoms with Crippen molar-refractivity contribution in [2.45, 2.75) is 68.2 Å². The Balaban J connectivity index is 4.64. The quantitative estimate of drug-likeness (QED) is 0.637. The molecule has 0 aliphatic heterocycles. The van der Waals surface area contributed by atoms with E-state index in [2.05, 4.69) is 41.5 Å². The Hall–Kier alpha value is 0.310. The summed E-state index contributed by atoms with van der Waals surface area (Å²) < 4.78 is 0. The van der Waals surface area contributed by atoms with Gasteiger partial charge in [-0.3, -0.25) is 0 Å². The predicted octanol–water partition coefficient (Wildman–Crippen LogP) is 4.41. The fourth-order valence-electron chi connectivity index (χ4n) is 3.57. The molecule has 0 rings (SSSR count). The molecule has 0 spiro atoms. The summed E-state index contributed by atoms with van der Waals surface area (Å²) in [6.07, 6.45) is 2.00. The second kappa shape index (κ2) is 6.20. The molecule has 20 heavy (non-hydrogen) atoms. The summed E-state index contributed by atoms with van der Waals surface area (Å²) in [6.45, 7) is 16.8. The van der Waals surface area contributed by atoms with E-state index in [-0.39, 0.29) is 35.0 Å². The van der Waals surface area contributed by atoms with E-state index in [0.717, 1.165) is 12.8 Å². The third-order valence-electron chi connectivity index (χ3n) is 3.29. The first-order valence-corrected chi connectivity index (χ1v) is 10.2. The molecule has 0 aromatic carbocycles. The molecule has 3 N–H and O–H groups in total. The van der Waals surface area contributed by atoms with Crippen LogP contribution in [0.1, 0.15) is 68.2 Å². The van der Waals surface area contributed by atoms with E-state index in [1.54, 1.807) is 0 Å². The van der Waals surface area contributed by atoms with Gasteiger partial charge < -0.3 is 0 Å². The molecule has 0 radical (unpaired) electrons. The van der Waals surface area contributed by atoms with Crippen LogP contribution in [-0.2, 0) is 0 Å². The molecule has 0 heterocycles. The maximum atomic E-state index is 10.4. The molecule has 0 aliphatic rings. The van der Waals surface area contributed by atoms with Gasteiger partial charge in [-0.25, -0.2) is 0 Å². The van der Waals surface area contributed by atoms with Gasteiger partial charge in [0.25, 0.3) is 0 Å². The van der Waals surface area contributed by atoms with Gasteiger partial charge in [-0.05, 0) is 0 Å². The topological polar surface area (TPSA) is 60.7 Å². The van der Waals surface area contributed by atoms with Gasteiger partial charge in [0.05, 0.1) is 0 Å². The molecule has 0 saturated carbocycles. The molecule has 0 amide bonds. The maximum absolute atomic E-state index is 10.4. The number of hydrogen-bond acceptors (Lipinski definition) is 3. The molecular weight excluding hydrogens is 271 g/mol. The average molecular weight is 308 g/mol. The van der Waals surface area contributed by atoms with Crippen LogP contribution in [0.15, 0.2) is 0 Å². The van der Waals surface area contributed by atoms with Crippen LogP contribution in [0.5, 0.6) is 0 Å². The van der Waals surface area contributed by atoms with Crippen LogP contribution in [-0.4, -0.2) is 27.0 Å². The van der Waals surface area contributed by atoms with Crippen LogP contribution in [0, 0.1) is 22.7 Å². The van der Waals surface area contributed by atoms with Crippen LogP contribution in [0.4, 0.5) is 0 Å². The summed E-state index contributed by atoms with van der Waals surface area (Å²) in [7, 11) is -4.50. The Morgan fingerprint density at radius 2 is 0.950 bits per heavy atom. The third-order valence-corrected chi connectivity index (χ3v) is 6.04.